The lowest BCUT2D eigenvalue weighted by molar-refractivity contribution is -0.115. The van der Waals surface area contributed by atoms with Crippen LogP contribution in [0, 0.1) is 0 Å². The molecule has 0 aliphatic carbocycles. The zero-order valence-corrected chi connectivity index (χ0v) is 11.3. The minimum absolute atomic E-state index is 0.0261. The van der Waals surface area contributed by atoms with Crippen LogP contribution in [0.5, 0.6) is 0 Å². The van der Waals surface area contributed by atoms with E-state index in [2.05, 4.69) is 24.1 Å². The van der Waals surface area contributed by atoms with E-state index in [0.29, 0.717) is 12.3 Å². The Kier molecular flexibility index (Phi) is 4.10. The molecule has 18 heavy (non-hydrogen) atoms. The molecule has 1 aromatic carbocycles. The Bertz CT molecular complexity index is 520. The largest absolute Gasteiger partial charge is 0.326 e. The van der Waals surface area contributed by atoms with Gasteiger partial charge in [-0.05, 0) is 12.1 Å². The third-order valence-corrected chi connectivity index (χ3v) is 3.66. The molecule has 2 aromatic rings. The lowest BCUT2D eigenvalue weighted by Crippen LogP contribution is -2.14. The van der Waals surface area contributed by atoms with E-state index < -0.39 is 0 Å². The maximum Gasteiger partial charge on any atom is 0.230 e. The summed E-state index contributed by atoms with van der Waals surface area (Å²) in [5, 5.41) is 5.89. The fourth-order valence-corrected chi connectivity index (χ4v) is 2.40. The average molecular weight is 260 g/mol. The number of thiazole rings is 1. The number of hydrogen-bond acceptors (Lipinski definition) is 3. The third kappa shape index (κ3) is 3.40. The number of hydrogen-bond donors (Lipinski definition) is 1. The first-order valence-corrected chi connectivity index (χ1v) is 6.82. The van der Waals surface area contributed by atoms with E-state index in [4.69, 9.17) is 0 Å². The molecular formula is C14H16N2OS. The minimum Gasteiger partial charge on any atom is -0.326 e. The second kappa shape index (κ2) is 5.78. The van der Waals surface area contributed by atoms with Crippen LogP contribution >= 0.6 is 11.3 Å². The van der Waals surface area contributed by atoms with Crippen molar-refractivity contribution in [3.63, 3.8) is 0 Å². The molecule has 1 heterocycles. The molecule has 0 saturated heterocycles. The Morgan fingerprint density at radius 3 is 2.67 bits per heavy atom. The van der Waals surface area contributed by atoms with Crippen LogP contribution in [0.1, 0.15) is 30.5 Å². The van der Waals surface area contributed by atoms with Crippen molar-refractivity contribution in [3.8, 4) is 0 Å². The number of amides is 1. The summed E-state index contributed by atoms with van der Waals surface area (Å²) < 4.78 is 0. The number of nitrogens with one attached hydrogen (secondary N) is 1. The normalized spacial score (nSPS) is 10.6. The van der Waals surface area contributed by atoms with Crippen LogP contribution in [0.4, 0.5) is 5.69 Å². The SMILES string of the molecule is CC(C)c1nc(CC(=O)Nc2ccccc2)cs1. The van der Waals surface area contributed by atoms with Crippen LogP contribution in [-0.4, -0.2) is 10.9 Å². The van der Waals surface area contributed by atoms with Gasteiger partial charge in [-0.1, -0.05) is 32.0 Å². The van der Waals surface area contributed by atoms with Gasteiger partial charge in [0.05, 0.1) is 17.1 Å². The maximum atomic E-state index is 11.8. The third-order valence-electron chi connectivity index (χ3n) is 2.46. The molecule has 0 radical (unpaired) electrons. The van der Waals surface area contributed by atoms with Gasteiger partial charge in [0.15, 0.2) is 0 Å². The summed E-state index contributed by atoms with van der Waals surface area (Å²) >= 11 is 1.61. The van der Waals surface area contributed by atoms with Crippen LogP contribution in [0.15, 0.2) is 35.7 Å². The van der Waals surface area contributed by atoms with Crippen LogP contribution < -0.4 is 5.32 Å². The first kappa shape index (κ1) is 12.8. The maximum absolute atomic E-state index is 11.8. The summed E-state index contributed by atoms with van der Waals surface area (Å²) in [6.45, 7) is 4.21. The number of para-hydroxylation sites is 1. The van der Waals surface area contributed by atoms with Crippen molar-refractivity contribution < 1.29 is 4.79 Å². The van der Waals surface area contributed by atoms with Crippen LogP contribution in [0.2, 0.25) is 0 Å². The van der Waals surface area contributed by atoms with E-state index in [1.807, 2.05) is 35.7 Å². The number of benzene rings is 1. The molecule has 0 aliphatic rings. The van der Waals surface area contributed by atoms with E-state index in [-0.39, 0.29) is 5.91 Å². The molecule has 0 spiro atoms. The summed E-state index contributed by atoms with van der Waals surface area (Å²) in [5.41, 5.74) is 1.67. The zero-order chi connectivity index (χ0) is 13.0. The van der Waals surface area contributed by atoms with Crippen molar-refractivity contribution in [2.24, 2.45) is 0 Å². The summed E-state index contributed by atoms with van der Waals surface area (Å²) in [4.78, 5) is 16.3. The van der Waals surface area contributed by atoms with Gasteiger partial charge in [-0.25, -0.2) is 4.98 Å². The molecule has 0 unspecified atom stereocenters. The van der Waals surface area contributed by atoms with E-state index >= 15 is 0 Å². The molecule has 0 atom stereocenters. The van der Waals surface area contributed by atoms with Gasteiger partial charge in [0.1, 0.15) is 0 Å². The number of carbonyl (C=O) groups excluding carboxylic acids is 1. The predicted octanol–water partition coefficient (Wildman–Crippen LogP) is 3.45. The Morgan fingerprint density at radius 1 is 1.33 bits per heavy atom. The molecule has 1 aromatic heterocycles. The van der Waals surface area contributed by atoms with Crippen LogP contribution in [0.25, 0.3) is 0 Å². The summed E-state index contributed by atoms with van der Waals surface area (Å²) in [7, 11) is 0. The van der Waals surface area contributed by atoms with Crippen LogP contribution in [-0.2, 0) is 11.2 Å². The molecule has 0 aliphatic heterocycles. The molecular weight excluding hydrogens is 244 g/mol. The molecule has 94 valence electrons. The average Bonchev–Trinajstić information content (AvgIpc) is 2.78. The van der Waals surface area contributed by atoms with Crippen molar-refractivity contribution in [1.29, 1.82) is 0 Å². The van der Waals surface area contributed by atoms with Gasteiger partial charge >= 0.3 is 0 Å². The lowest BCUT2D eigenvalue weighted by Gasteiger charge is -2.03. The number of anilines is 1. The number of rotatable bonds is 4. The molecule has 3 nitrogen and oxygen atoms in total. The van der Waals surface area contributed by atoms with Gasteiger partial charge in [0, 0.05) is 17.0 Å². The standard InChI is InChI=1S/C14H16N2OS/c1-10(2)14-16-12(9-18-14)8-13(17)15-11-6-4-3-5-7-11/h3-7,9-10H,8H2,1-2H3,(H,15,17). The second-order valence-electron chi connectivity index (χ2n) is 4.42. The summed E-state index contributed by atoms with van der Waals surface area (Å²) in [5.74, 6) is 0.391. The molecule has 0 saturated carbocycles. The topological polar surface area (TPSA) is 42.0 Å². The van der Waals surface area contributed by atoms with E-state index in [9.17, 15) is 4.79 Å². The van der Waals surface area contributed by atoms with Crippen molar-refractivity contribution in [1.82, 2.24) is 4.98 Å². The number of nitrogens with zero attached hydrogens (tertiary/aromatic N) is 1. The Morgan fingerprint density at radius 2 is 2.06 bits per heavy atom. The molecule has 1 N–H and O–H groups in total. The first-order valence-electron chi connectivity index (χ1n) is 5.94. The van der Waals surface area contributed by atoms with E-state index in [0.717, 1.165) is 16.4 Å². The highest BCUT2D eigenvalue weighted by Crippen LogP contribution is 2.19. The summed E-state index contributed by atoms with van der Waals surface area (Å²) in [6.07, 6.45) is 0.331. The highest BCUT2D eigenvalue weighted by atomic mass is 32.1. The quantitative estimate of drug-likeness (QED) is 0.915. The van der Waals surface area contributed by atoms with Crippen molar-refractivity contribution in [2.75, 3.05) is 5.32 Å². The highest BCUT2D eigenvalue weighted by Gasteiger charge is 2.09. The van der Waals surface area contributed by atoms with Gasteiger partial charge in [-0.3, -0.25) is 4.79 Å². The van der Waals surface area contributed by atoms with E-state index in [1.165, 1.54) is 0 Å². The summed E-state index contributed by atoms with van der Waals surface area (Å²) in [6, 6.07) is 9.46. The second-order valence-corrected chi connectivity index (χ2v) is 5.31. The Labute approximate surface area is 111 Å². The zero-order valence-electron chi connectivity index (χ0n) is 10.5. The number of aromatic nitrogens is 1. The van der Waals surface area contributed by atoms with Gasteiger partial charge < -0.3 is 5.32 Å². The molecule has 1 amide bonds. The van der Waals surface area contributed by atoms with Gasteiger partial charge in [-0.2, -0.15) is 0 Å². The fourth-order valence-electron chi connectivity index (χ4n) is 1.56. The van der Waals surface area contributed by atoms with Gasteiger partial charge in [0.2, 0.25) is 5.91 Å². The predicted molar refractivity (Wildman–Crippen MR) is 75.0 cm³/mol. The molecule has 0 fully saturated rings. The van der Waals surface area contributed by atoms with E-state index in [1.54, 1.807) is 11.3 Å². The minimum atomic E-state index is -0.0261. The fraction of sp³-hybridized carbons (Fsp3) is 0.286. The Balaban J connectivity index is 1.95. The highest BCUT2D eigenvalue weighted by molar-refractivity contribution is 7.09. The van der Waals surface area contributed by atoms with Gasteiger partial charge in [-0.15, -0.1) is 11.3 Å². The smallest absolute Gasteiger partial charge is 0.230 e. The molecule has 2 rings (SSSR count). The van der Waals surface area contributed by atoms with Gasteiger partial charge in [0.25, 0.3) is 0 Å². The van der Waals surface area contributed by atoms with Crippen molar-refractivity contribution in [2.45, 2.75) is 26.2 Å². The molecule has 4 heteroatoms. The molecule has 0 bridgehead atoms. The van der Waals surface area contributed by atoms with Crippen LogP contribution in [0.3, 0.4) is 0 Å². The Hall–Kier alpha value is -1.68. The lowest BCUT2D eigenvalue weighted by atomic mass is 10.2. The number of carbonyl (C=O) groups is 1. The van der Waals surface area contributed by atoms with Crippen molar-refractivity contribution >= 4 is 22.9 Å². The first-order chi connectivity index (χ1) is 8.65. The monoisotopic (exact) mass is 260 g/mol. The van der Waals surface area contributed by atoms with Crippen molar-refractivity contribution in [3.05, 3.63) is 46.4 Å².